The average Bonchev–Trinajstić information content (AvgIpc) is 2.99. The number of carbonyl (C=O) groups is 2. The van der Waals surface area contributed by atoms with Crippen molar-refractivity contribution in [2.45, 2.75) is 6.42 Å². The fourth-order valence-electron chi connectivity index (χ4n) is 3.18. The van der Waals surface area contributed by atoms with E-state index in [0.29, 0.717) is 5.69 Å². The molecule has 2 aliphatic rings. The van der Waals surface area contributed by atoms with E-state index < -0.39 is 17.8 Å². The average molecular weight is 258 g/mol. The van der Waals surface area contributed by atoms with Crippen molar-refractivity contribution in [3.05, 3.63) is 36.7 Å². The Hall–Kier alpha value is -2.17. The van der Waals surface area contributed by atoms with Crippen molar-refractivity contribution >= 4 is 17.6 Å². The Labute approximate surface area is 110 Å². The topological polar surface area (TPSA) is 79.3 Å². The number of anilines is 1. The standard InChI is InChI=1S/C14H14N2O3/c17-13(16-10-3-5-15-6-4-10)11-8-1-2-9(7-8)12(11)14(18)19/h1-6,8-9,11-12H,7H2,(H,18,19)(H,15,16,17)/t8-,9-,11-,12-/m0/s1. The molecule has 5 heteroatoms. The van der Waals surface area contributed by atoms with Crippen molar-refractivity contribution in [2.24, 2.45) is 23.7 Å². The first-order valence-electron chi connectivity index (χ1n) is 6.29. The molecule has 98 valence electrons. The number of carboxylic acids is 1. The first-order valence-corrected chi connectivity index (χ1v) is 6.29. The van der Waals surface area contributed by atoms with Crippen LogP contribution in [0.5, 0.6) is 0 Å². The van der Waals surface area contributed by atoms with Gasteiger partial charge in [-0.05, 0) is 30.4 Å². The lowest BCUT2D eigenvalue weighted by Crippen LogP contribution is -2.36. The van der Waals surface area contributed by atoms with Gasteiger partial charge in [-0.15, -0.1) is 0 Å². The molecule has 1 aromatic rings. The molecule has 4 atom stereocenters. The molecule has 19 heavy (non-hydrogen) atoms. The number of hydrogen-bond acceptors (Lipinski definition) is 3. The summed E-state index contributed by atoms with van der Waals surface area (Å²) in [6.07, 6.45) is 7.85. The van der Waals surface area contributed by atoms with E-state index in [-0.39, 0.29) is 17.7 Å². The van der Waals surface area contributed by atoms with Gasteiger partial charge < -0.3 is 10.4 Å². The van der Waals surface area contributed by atoms with Crippen molar-refractivity contribution in [1.29, 1.82) is 0 Å². The molecule has 1 amide bonds. The monoisotopic (exact) mass is 258 g/mol. The number of nitrogens with one attached hydrogen (secondary N) is 1. The summed E-state index contributed by atoms with van der Waals surface area (Å²) >= 11 is 0. The zero-order chi connectivity index (χ0) is 13.4. The van der Waals surface area contributed by atoms with Crippen LogP contribution in [0.4, 0.5) is 5.69 Å². The summed E-state index contributed by atoms with van der Waals surface area (Å²) in [6.45, 7) is 0. The van der Waals surface area contributed by atoms with Gasteiger partial charge in [-0.1, -0.05) is 12.2 Å². The van der Waals surface area contributed by atoms with E-state index in [9.17, 15) is 14.7 Å². The van der Waals surface area contributed by atoms with E-state index >= 15 is 0 Å². The molecule has 1 heterocycles. The minimum Gasteiger partial charge on any atom is -0.481 e. The highest BCUT2D eigenvalue weighted by Crippen LogP contribution is 2.48. The van der Waals surface area contributed by atoms with Crippen LogP contribution < -0.4 is 5.32 Å². The number of rotatable bonds is 3. The quantitative estimate of drug-likeness (QED) is 0.806. The number of allylic oxidation sites excluding steroid dienone is 2. The number of carboxylic acid groups (broad SMARTS) is 1. The van der Waals surface area contributed by atoms with E-state index in [1.807, 2.05) is 12.2 Å². The molecule has 0 aromatic carbocycles. The second-order valence-electron chi connectivity index (χ2n) is 5.06. The second-order valence-corrected chi connectivity index (χ2v) is 5.06. The maximum Gasteiger partial charge on any atom is 0.307 e. The summed E-state index contributed by atoms with van der Waals surface area (Å²) in [5, 5.41) is 12.1. The van der Waals surface area contributed by atoms with Crippen LogP contribution in [0.3, 0.4) is 0 Å². The molecule has 5 nitrogen and oxygen atoms in total. The van der Waals surface area contributed by atoms with Gasteiger partial charge in [0.25, 0.3) is 0 Å². The molecular weight excluding hydrogens is 244 g/mol. The zero-order valence-electron chi connectivity index (χ0n) is 10.2. The van der Waals surface area contributed by atoms with E-state index in [2.05, 4.69) is 10.3 Å². The van der Waals surface area contributed by atoms with E-state index in [1.165, 1.54) is 0 Å². The molecule has 2 bridgehead atoms. The SMILES string of the molecule is O=C(O)[C@@H]1[C@@H](C(=O)Nc2ccncc2)[C@H]2C=C[C@H]1C2. The van der Waals surface area contributed by atoms with Crippen molar-refractivity contribution in [1.82, 2.24) is 4.98 Å². The van der Waals surface area contributed by atoms with Crippen LogP contribution >= 0.6 is 0 Å². The molecule has 1 saturated carbocycles. The van der Waals surface area contributed by atoms with Gasteiger partial charge in [0, 0.05) is 18.1 Å². The van der Waals surface area contributed by atoms with Crippen molar-refractivity contribution in [2.75, 3.05) is 5.32 Å². The van der Waals surface area contributed by atoms with Gasteiger partial charge in [-0.2, -0.15) is 0 Å². The van der Waals surface area contributed by atoms with Gasteiger partial charge in [-0.3, -0.25) is 14.6 Å². The third kappa shape index (κ3) is 2.01. The smallest absolute Gasteiger partial charge is 0.307 e. The maximum atomic E-state index is 12.3. The van der Waals surface area contributed by atoms with Crippen LogP contribution in [0.2, 0.25) is 0 Å². The van der Waals surface area contributed by atoms with Crippen LogP contribution in [0.1, 0.15) is 6.42 Å². The lowest BCUT2D eigenvalue weighted by atomic mass is 9.82. The second kappa shape index (κ2) is 4.50. The largest absolute Gasteiger partial charge is 0.481 e. The molecule has 3 rings (SSSR count). The molecule has 0 radical (unpaired) electrons. The maximum absolute atomic E-state index is 12.3. The minimum absolute atomic E-state index is 0.00399. The predicted octanol–water partition coefficient (Wildman–Crippen LogP) is 1.54. The van der Waals surface area contributed by atoms with Crippen LogP contribution in [0.15, 0.2) is 36.7 Å². The van der Waals surface area contributed by atoms with Crippen molar-refractivity contribution in [3.8, 4) is 0 Å². The van der Waals surface area contributed by atoms with Crippen molar-refractivity contribution < 1.29 is 14.7 Å². The summed E-state index contributed by atoms with van der Waals surface area (Å²) in [4.78, 5) is 27.5. The Morgan fingerprint density at radius 1 is 1.16 bits per heavy atom. The molecule has 2 N–H and O–H groups in total. The first-order chi connectivity index (χ1) is 9.16. The third-order valence-electron chi connectivity index (χ3n) is 4.00. The van der Waals surface area contributed by atoms with E-state index in [1.54, 1.807) is 24.5 Å². The van der Waals surface area contributed by atoms with Gasteiger partial charge in [0.05, 0.1) is 11.8 Å². The highest BCUT2D eigenvalue weighted by atomic mass is 16.4. The van der Waals surface area contributed by atoms with Gasteiger partial charge in [0.15, 0.2) is 0 Å². The molecule has 1 fully saturated rings. The van der Waals surface area contributed by atoms with Crippen LogP contribution in [-0.4, -0.2) is 22.0 Å². The Morgan fingerprint density at radius 3 is 2.42 bits per heavy atom. The lowest BCUT2D eigenvalue weighted by Gasteiger charge is -2.23. The fourth-order valence-corrected chi connectivity index (χ4v) is 3.18. The van der Waals surface area contributed by atoms with Crippen LogP contribution in [0, 0.1) is 23.7 Å². The highest BCUT2D eigenvalue weighted by Gasteiger charge is 2.51. The molecule has 0 saturated heterocycles. The van der Waals surface area contributed by atoms with Gasteiger partial charge >= 0.3 is 5.97 Å². The lowest BCUT2D eigenvalue weighted by molar-refractivity contribution is -0.146. The number of aromatic nitrogens is 1. The van der Waals surface area contributed by atoms with Crippen LogP contribution in [0.25, 0.3) is 0 Å². The number of pyridine rings is 1. The molecule has 0 unspecified atom stereocenters. The van der Waals surface area contributed by atoms with E-state index in [4.69, 9.17) is 0 Å². The molecular formula is C14H14N2O3. The summed E-state index contributed by atoms with van der Waals surface area (Å²) in [6, 6.07) is 3.38. The molecule has 2 aliphatic carbocycles. The molecule has 0 spiro atoms. The Morgan fingerprint density at radius 2 is 1.79 bits per heavy atom. The number of amides is 1. The van der Waals surface area contributed by atoms with Gasteiger partial charge in [0.2, 0.25) is 5.91 Å². The zero-order valence-corrected chi connectivity index (χ0v) is 10.2. The third-order valence-corrected chi connectivity index (χ3v) is 4.00. The number of aliphatic carboxylic acids is 1. The van der Waals surface area contributed by atoms with E-state index in [0.717, 1.165) is 6.42 Å². The van der Waals surface area contributed by atoms with Gasteiger partial charge in [0.1, 0.15) is 0 Å². The number of nitrogens with zero attached hydrogens (tertiary/aromatic N) is 1. The summed E-state index contributed by atoms with van der Waals surface area (Å²) in [5.74, 6) is -2.12. The summed E-state index contributed by atoms with van der Waals surface area (Å²) in [7, 11) is 0. The van der Waals surface area contributed by atoms with Crippen LogP contribution in [-0.2, 0) is 9.59 Å². The Kier molecular flexibility index (Phi) is 2.81. The van der Waals surface area contributed by atoms with Gasteiger partial charge in [-0.25, -0.2) is 0 Å². The fraction of sp³-hybridized carbons (Fsp3) is 0.357. The Balaban J connectivity index is 1.79. The molecule has 0 aliphatic heterocycles. The highest BCUT2D eigenvalue weighted by molar-refractivity contribution is 5.96. The first kappa shape index (κ1) is 11.9. The number of fused-ring (bicyclic) bond motifs is 2. The summed E-state index contributed by atoms with van der Waals surface area (Å²) < 4.78 is 0. The summed E-state index contributed by atoms with van der Waals surface area (Å²) in [5.41, 5.74) is 0.649. The number of carbonyl (C=O) groups excluding carboxylic acids is 1. The van der Waals surface area contributed by atoms with Crippen molar-refractivity contribution in [3.63, 3.8) is 0 Å². The predicted molar refractivity (Wildman–Crippen MR) is 68.2 cm³/mol. The molecule has 1 aromatic heterocycles. The normalized spacial score (nSPS) is 31.4. The Bertz CT molecular complexity index is 541. The number of hydrogen-bond donors (Lipinski definition) is 2. The minimum atomic E-state index is -0.883.